The molecule has 3 rings (SSSR count). The Bertz CT molecular complexity index is 909. The first-order chi connectivity index (χ1) is 16.2. The van der Waals surface area contributed by atoms with E-state index in [1.165, 1.54) is 27.8 Å². The molecule has 1 saturated heterocycles. The van der Waals surface area contributed by atoms with Crippen LogP contribution >= 0.6 is 0 Å². The smallest absolute Gasteiger partial charge is 0.113 e. The van der Waals surface area contributed by atoms with Gasteiger partial charge in [0.1, 0.15) is 30.5 Å². The fourth-order valence-corrected chi connectivity index (χ4v) is 5.27. The van der Waals surface area contributed by atoms with E-state index >= 15 is 0 Å². The molecule has 34 heavy (non-hydrogen) atoms. The highest BCUT2D eigenvalue weighted by molar-refractivity contribution is 5.50. The zero-order valence-corrected chi connectivity index (χ0v) is 21.1. The number of aliphatic hydroxyl groups excluding tert-OH is 4. The van der Waals surface area contributed by atoms with Gasteiger partial charge in [0.25, 0.3) is 0 Å². The molecule has 0 spiro atoms. The monoisotopic (exact) mass is 470 g/mol. The molecule has 4 N–H and O–H groups in total. The average Bonchev–Trinajstić information content (AvgIpc) is 3.31. The van der Waals surface area contributed by atoms with E-state index in [2.05, 4.69) is 58.5 Å². The zero-order chi connectivity index (χ0) is 25.0. The molecule has 188 valence electrons. The van der Waals surface area contributed by atoms with Crippen molar-refractivity contribution in [2.75, 3.05) is 6.61 Å². The molecule has 5 atom stereocenters. The van der Waals surface area contributed by atoms with E-state index in [4.69, 9.17) is 4.74 Å². The predicted octanol–water partition coefficient (Wildman–Crippen LogP) is 4.03. The number of benzene rings is 1. The van der Waals surface area contributed by atoms with Crippen molar-refractivity contribution in [1.82, 2.24) is 0 Å². The molecule has 0 radical (unpaired) electrons. The van der Waals surface area contributed by atoms with Crippen LogP contribution in [0.3, 0.4) is 0 Å². The molecular weight excluding hydrogens is 428 g/mol. The third-order valence-corrected chi connectivity index (χ3v) is 7.23. The van der Waals surface area contributed by atoms with Gasteiger partial charge in [0.15, 0.2) is 0 Å². The summed E-state index contributed by atoms with van der Waals surface area (Å²) in [4.78, 5) is 0. The molecule has 2 aliphatic rings. The van der Waals surface area contributed by atoms with Crippen LogP contribution in [-0.2, 0) is 17.6 Å². The Hall–Kier alpha value is -1.76. The van der Waals surface area contributed by atoms with Gasteiger partial charge in [0, 0.05) is 0 Å². The molecule has 1 aliphatic heterocycles. The summed E-state index contributed by atoms with van der Waals surface area (Å²) in [7, 11) is 0. The van der Waals surface area contributed by atoms with Crippen molar-refractivity contribution >= 4 is 0 Å². The van der Waals surface area contributed by atoms with Crippen LogP contribution in [0.25, 0.3) is 0 Å². The Labute approximate surface area is 204 Å². The first-order valence-electron chi connectivity index (χ1n) is 12.7. The van der Waals surface area contributed by atoms with E-state index in [1.54, 1.807) is 0 Å². The van der Waals surface area contributed by atoms with Gasteiger partial charge in [-0.25, -0.2) is 0 Å². The lowest BCUT2D eigenvalue weighted by molar-refractivity contribution is -0.218. The molecule has 1 heterocycles. The molecule has 2 fully saturated rings. The van der Waals surface area contributed by atoms with Crippen LogP contribution in [0.15, 0.2) is 58.7 Å². The summed E-state index contributed by atoms with van der Waals surface area (Å²) >= 11 is 0. The number of hydrogen-bond acceptors (Lipinski definition) is 5. The van der Waals surface area contributed by atoms with Crippen LogP contribution in [0.4, 0.5) is 0 Å². The van der Waals surface area contributed by atoms with Gasteiger partial charge in [0.05, 0.1) is 6.61 Å². The van der Waals surface area contributed by atoms with E-state index in [1.807, 2.05) is 0 Å². The van der Waals surface area contributed by atoms with E-state index in [-0.39, 0.29) is 0 Å². The summed E-state index contributed by atoms with van der Waals surface area (Å²) in [5.41, 5.74) is 8.34. The number of rotatable bonds is 8. The Morgan fingerprint density at radius 1 is 1.00 bits per heavy atom. The van der Waals surface area contributed by atoms with Gasteiger partial charge in [-0.2, -0.15) is 0 Å². The maximum absolute atomic E-state index is 10.7. The molecule has 1 saturated carbocycles. The first-order valence-corrected chi connectivity index (χ1v) is 12.7. The Kier molecular flexibility index (Phi) is 9.30. The molecule has 5 nitrogen and oxygen atoms in total. The van der Waals surface area contributed by atoms with Crippen LogP contribution in [0.1, 0.15) is 64.5 Å². The van der Waals surface area contributed by atoms with E-state index in [9.17, 15) is 20.4 Å². The van der Waals surface area contributed by atoms with E-state index < -0.39 is 37.1 Å². The van der Waals surface area contributed by atoms with Crippen LogP contribution in [0.2, 0.25) is 0 Å². The van der Waals surface area contributed by atoms with E-state index in [0.29, 0.717) is 11.5 Å². The van der Waals surface area contributed by atoms with Gasteiger partial charge in [-0.05, 0) is 84.8 Å². The minimum absolute atomic E-state index is 0.368. The van der Waals surface area contributed by atoms with Gasteiger partial charge in [-0.15, -0.1) is 0 Å². The van der Waals surface area contributed by atoms with Crippen molar-refractivity contribution in [3.63, 3.8) is 0 Å². The normalized spacial score (nSPS) is 30.6. The van der Waals surface area contributed by atoms with Crippen molar-refractivity contribution < 1.29 is 25.2 Å². The van der Waals surface area contributed by atoms with Crippen molar-refractivity contribution in [3.05, 3.63) is 69.8 Å². The fourth-order valence-electron chi connectivity index (χ4n) is 5.27. The standard InChI is InChI=1S/C29H42O5/c1-6-20-10-12-21(13-11-20)15-18(4)22-8-7-9-23(22)24(14-17(2)3)19(5)29-28(33)27(32)26(31)25(16-30)34-29/h10-13,17,25-33H,5-9,14-16H2,1-4H3/b22-18+,24-23-/t25-,26-,27+,28-,29+/m1/s1. The van der Waals surface area contributed by atoms with Crippen LogP contribution in [0.5, 0.6) is 0 Å². The first kappa shape index (κ1) is 26.8. The van der Waals surface area contributed by atoms with E-state index in [0.717, 1.165) is 44.1 Å². The summed E-state index contributed by atoms with van der Waals surface area (Å²) < 4.78 is 5.87. The summed E-state index contributed by atoms with van der Waals surface area (Å²) in [5, 5.41) is 40.9. The van der Waals surface area contributed by atoms with Gasteiger partial charge in [0.2, 0.25) is 0 Å². The van der Waals surface area contributed by atoms with Gasteiger partial charge >= 0.3 is 0 Å². The van der Waals surface area contributed by atoms with Crippen molar-refractivity contribution in [1.29, 1.82) is 0 Å². The molecular formula is C29H42O5. The minimum Gasteiger partial charge on any atom is -0.394 e. The topological polar surface area (TPSA) is 90.2 Å². The average molecular weight is 471 g/mol. The van der Waals surface area contributed by atoms with Gasteiger partial charge < -0.3 is 25.2 Å². The second kappa shape index (κ2) is 11.8. The Morgan fingerprint density at radius 2 is 1.62 bits per heavy atom. The van der Waals surface area contributed by atoms with Crippen molar-refractivity contribution in [2.45, 2.75) is 96.7 Å². The molecule has 5 heteroatoms. The van der Waals surface area contributed by atoms with Crippen LogP contribution in [0, 0.1) is 5.92 Å². The number of ether oxygens (including phenoxy) is 1. The third-order valence-electron chi connectivity index (χ3n) is 7.23. The molecule has 0 aromatic heterocycles. The lowest BCUT2D eigenvalue weighted by atomic mass is 9.82. The van der Waals surface area contributed by atoms with Gasteiger partial charge in [-0.3, -0.25) is 0 Å². The number of allylic oxidation sites excluding steroid dienone is 3. The molecule has 0 unspecified atom stereocenters. The van der Waals surface area contributed by atoms with Crippen molar-refractivity contribution in [3.8, 4) is 0 Å². The molecule has 1 aliphatic carbocycles. The molecule has 1 aromatic rings. The van der Waals surface area contributed by atoms with Gasteiger partial charge in [-0.1, -0.05) is 57.2 Å². The largest absolute Gasteiger partial charge is 0.394 e. The van der Waals surface area contributed by atoms with Crippen LogP contribution < -0.4 is 0 Å². The fraction of sp³-hybridized carbons (Fsp3) is 0.586. The number of hydrogen-bond donors (Lipinski definition) is 4. The predicted molar refractivity (Wildman–Crippen MR) is 135 cm³/mol. The lowest BCUT2D eigenvalue weighted by Gasteiger charge is -2.41. The molecule has 0 amide bonds. The van der Waals surface area contributed by atoms with Crippen molar-refractivity contribution in [2.24, 2.45) is 5.92 Å². The lowest BCUT2D eigenvalue weighted by Crippen LogP contribution is -2.59. The highest BCUT2D eigenvalue weighted by Crippen LogP contribution is 2.41. The summed E-state index contributed by atoms with van der Waals surface area (Å²) in [5.74, 6) is 0.368. The summed E-state index contributed by atoms with van der Waals surface area (Å²) in [6.07, 6.45) is -0.144. The summed E-state index contributed by atoms with van der Waals surface area (Å²) in [6, 6.07) is 8.82. The maximum Gasteiger partial charge on any atom is 0.113 e. The zero-order valence-electron chi connectivity index (χ0n) is 21.1. The quantitative estimate of drug-likeness (QED) is 0.461. The molecule has 1 aromatic carbocycles. The summed E-state index contributed by atoms with van der Waals surface area (Å²) in [6.45, 7) is 12.6. The Balaban J connectivity index is 1.96. The minimum atomic E-state index is -1.40. The SMILES string of the molecule is C=C(/C(CC(C)C)=C1/CCC/C1=C(/C)Cc1ccc(CC)cc1)[C@@H]1O[C@H](CO)[C@@H](O)[C@H](O)[C@H]1O. The highest BCUT2D eigenvalue weighted by atomic mass is 16.5. The highest BCUT2D eigenvalue weighted by Gasteiger charge is 2.45. The maximum atomic E-state index is 10.7. The number of aryl methyl sites for hydroxylation is 1. The third kappa shape index (κ3) is 5.89. The number of aliphatic hydroxyl groups is 4. The molecule has 0 bridgehead atoms. The second-order valence-electron chi connectivity index (χ2n) is 10.3. The Morgan fingerprint density at radius 3 is 2.21 bits per heavy atom. The second-order valence-corrected chi connectivity index (χ2v) is 10.3. The van der Waals surface area contributed by atoms with Crippen LogP contribution in [-0.4, -0.2) is 57.6 Å².